The van der Waals surface area contributed by atoms with Gasteiger partial charge >= 0.3 is 6.09 Å². The lowest BCUT2D eigenvalue weighted by Crippen LogP contribution is -2.60. The van der Waals surface area contributed by atoms with Crippen LogP contribution in [-0.4, -0.2) is 115 Å². The van der Waals surface area contributed by atoms with Crippen LogP contribution >= 0.6 is 0 Å². The minimum Gasteiger partial charge on any atom is -0.445 e. The number of carbonyl (C=O) groups excluding carboxylic acids is 2. The Bertz CT molecular complexity index is 1610. The van der Waals surface area contributed by atoms with Crippen LogP contribution in [0.1, 0.15) is 159 Å². The van der Waals surface area contributed by atoms with E-state index in [0.717, 1.165) is 36.8 Å². The molecule has 4 saturated heterocycles. The van der Waals surface area contributed by atoms with Gasteiger partial charge in [0.25, 0.3) is 0 Å². The molecule has 14 heteroatoms. The highest BCUT2D eigenvalue weighted by Gasteiger charge is 2.63. The van der Waals surface area contributed by atoms with Crippen molar-refractivity contribution in [2.75, 3.05) is 19.8 Å². The third-order valence-corrected chi connectivity index (χ3v) is 19.5. The zero-order valence-electron chi connectivity index (χ0n) is 42.1. The smallest absolute Gasteiger partial charge is 0.407 e. The van der Waals surface area contributed by atoms with Crippen LogP contribution in [0.5, 0.6) is 0 Å². The highest BCUT2D eigenvalue weighted by atomic mass is 28.4. The summed E-state index contributed by atoms with van der Waals surface area (Å²) in [6.45, 7) is 35.5. The molecule has 0 radical (unpaired) electrons. The van der Waals surface area contributed by atoms with Crippen molar-refractivity contribution in [1.29, 1.82) is 0 Å². The van der Waals surface area contributed by atoms with Crippen molar-refractivity contribution in [2.45, 2.75) is 236 Å². The Morgan fingerprint density at radius 1 is 0.923 bits per heavy atom. The van der Waals surface area contributed by atoms with Gasteiger partial charge in [-0.3, -0.25) is 4.79 Å². The molecule has 0 bridgehead atoms. The third kappa shape index (κ3) is 15.3. The number of carbonyl (C=O) groups is 2. The van der Waals surface area contributed by atoms with Gasteiger partial charge in [0, 0.05) is 45.3 Å². The molecule has 0 aromatic heterocycles. The molecule has 1 amide bonds. The van der Waals surface area contributed by atoms with Gasteiger partial charge in [0.1, 0.15) is 24.1 Å². The molecular formula is C51H89NO12Si. The van der Waals surface area contributed by atoms with Crippen LogP contribution in [0.15, 0.2) is 37.0 Å². The summed E-state index contributed by atoms with van der Waals surface area (Å²) in [5.41, 5.74) is 0.574. The number of nitrogens with one attached hydrogen (secondary N) is 1. The number of ketones is 1. The van der Waals surface area contributed by atoms with Crippen LogP contribution < -0.4 is 5.32 Å². The number of amides is 1. The maximum Gasteiger partial charge on any atom is 0.407 e. The van der Waals surface area contributed by atoms with Crippen LogP contribution in [0.3, 0.4) is 0 Å². The van der Waals surface area contributed by atoms with Crippen molar-refractivity contribution >= 4 is 20.2 Å². The number of aliphatic hydroxyl groups is 3. The van der Waals surface area contributed by atoms with Crippen molar-refractivity contribution < 1.29 is 57.8 Å². The van der Waals surface area contributed by atoms with E-state index in [4.69, 9.17) is 32.8 Å². The Labute approximate surface area is 392 Å². The second kappa shape index (κ2) is 23.1. The molecule has 1 unspecified atom stereocenters. The third-order valence-electron chi connectivity index (χ3n) is 15.0. The fraction of sp³-hybridized carbons (Fsp3) is 0.843. The molecule has 0 aromatic rings. The molecule has 4 fully saturated rings. The van der Waals surface area contributed by atoms with E-state index >= 15 is 0 Å². The number of alkyl carbamates (subject to hydrolysis) is 1. The Morgan fingerprint density at radius 2 is 1.62 bits per heavy atom. The second-order valence-electron chi connectivity index (χ2n) is 22.3. The Morgan fingerprint density at radius 3 is 2.28 bits per heavy atom. The van der Waals surface area contributed by atoms with E-state index in [-0.39, 0.29) is 72.9 Å². The molecule has 4 rings (SSSR count). The average Bonchev–Trinajstić information content (AvgIpc) is 3.71. The Kier molecular flexibility index (Phi) is 19.7. The maximum atomic E-state index is 14.0. The molecule has 374 valence electrons. The normalized spacial score (nSPS) is 31.5. The predicted octanol–water partition coefficient (Wildman–Crippen LogP) is 9.58. The van der Waals surface area contributed by atoms with Crippen LogP contribution in [0.4, 0.5) is 4.79 Å². The fourth-order valence-corrected chi connectivity index (χ4v) is 11.2. The lowest BCUT2D eigenvalue weighted by Gasteiger charge is -2.50. The first-order valence-electron chi connectivity index (χ1n) is 24.6. The summed E-state index contributed by atoms with van der Waals surface area (Å²) in [7, 11) is -2.30. The number of aliphatic hydroxyl groups excluding tert-OH is 2. The summed E-state index contributed by atoms with van der Waals surface area (Å²) in [6.07, 6.45) is 7.39. The fourth-order valence-electron chi connectivity index (χ4n) is 9.76. The molecule has 0 aromatic carbocycles. The van der Waals surface area contributed by atoms with Gasteiger partial charge in [-0.05, 0) is 126 Å². The maximum absolute atomic E-state index is 14.0. The van der Waals surface area contributed by atoms with Gasteiger partial charge in [0.2, 0.25) is 5.79 Å². The van der Waals surface area contributed by atoms with Crippen molar-refractivity contribution in [3.63, 3.8) is 0 Å². The number of ether oxygens (including phenoxy) is 6. The molecule has 13 nitrogen and oxygen atoms in total. The van der Waals surface area contributed by atoms with Crippen LogP contribution in [0.25, 0.3) is 0 Å². The highest BCUT2D eigenvalue weighted by molar-refractivity contribution is 6.74. The topological polar surface area (TPSA) is 171 Å². The van der Waals surface area contributed by atoms with Gasteiger partial charge in [-0.1, -0.05) is 72.9 Å². The van der Waals surface area contributed by atoms with Crippen molar-refractivity contribution in [3.8, 4) is 0 Å². The molecule has 12 atom stereocenters. The standard InChI is InChI=1S/C51H89NO12Si/c1-15-28-58-46(56)52-33-38(6)35(3)30-36(4)42(55)20-16-18-34(2)29-41-21-24-49(12,57)51(60-41)26-25-50(64-51)23-17-19-40(59-50)32-39(54)31-37(5)44(63-65(13,14)47(7,8)9)45-43(22-27-53)61-48(10,11)62-45/h15,35,37-38,40-45,53,55,57H,1-2,4,16-33H2,3,5-14H3,(H,52,56)/t35-,37+,38-,40+,41-,42?,43-,44+,45-,49+,50+,51+/m1/s1. The summed E-state index contributed by atoms with van der Waals surface area (Å²) in [5.74, 6) is -2.74. The van der Waals surface area contributed by atoms with Crippen LogP contribution in [0, 0.1) is 17.8 Å². The minimum atomic E-state index is -2.30. The van der Waals surface area contributed by atoms with E-state index in [1.807, 2.05) is 13.8 Å². The lowest BCUT2D eigenvalue weighted by molar-refractivity contribution is -0.400. The SMILES string of the molecule is C=CCOC(=O)NC[C@@H](C)[C@H](C)CC(=C)C(O)CCCC(=C)C[C@H]1CC[C@](C)(O)[C@@]2(CC[C@]3(CCC[C@@H](CC(=O)C[C@H](C)[C@H](O[Si](C)(C)C(C)(C)C)[C@@H]4OC(C)(C)O[C@@H]4CCO)O3)O2)O1. The van der Waals surface area contributed by atoms with Gasteiger partial charge in [0.05, 0.1) is 30.5 Å². The van der Waals surface area contributed by atoms with E-state index in [2.05, 4.69) is 79.7 Å². The monoisotopic (exact) mass is 936 g/mol. The van der Waals surface area contributed by atoms with E-state index in [1.165, 1.54) is 6.08 Å². The molecule has 0 saturated carbocycles. The molecule has 0 aliphatic carbocycles. The number of Topliss-reactive ketones (excluding diaryl/α,β-unsaturated/α-hetero) is 1. The number of rotatable bonds is 24. The van der Waals surface area contributed by atoms with Gasteiger partial charge in [0.15, 0.2) is 19.9 Å². The summed E-state index contributed by atoms with van der Waals surface area (Å²) in [6, 6.07) is 0. The quantitative estimate of drug-likeness (QED) is 0.0535. The molecule has 4 aliphatic rings. The molecule has 4 N–H and O–H groups in total. The van der Waals surface area contributed by atoms with Crippen molar-refractivity contribution in [1.82, 2.24) is 5.32 Å². The molecule has 4 heterocycles. The molecular weight excluding hydrogens is 847 g/mol. The lowest BCUT2D eigenvalue weighted by atomic mass is 9.82. The first-order chi connectivity index (χ1) is 30.2. The van der Waals surface area contributed by atoms with E-state index in [9.17, 15) is 24.9 Å². The Hall–Kier alpha value is -1.98. The van der Waals surface area contributed by atoms with E-state index in [1.54, 1.807) is 6.92 Å². The highest BCUT2D eigenvalue weighted by Crippen LogP contribution is 2.54. The first kappa shape index (κ1) is 55.6. The largest absolute Gasteiger partial charge is 0.445 e. The summed E-state index contributed by atoms with van der Waals surface area (Å²) in [5, 5.41) is 35.4. The molecule has 2 spiro atoms. The zero-order valence-corrected chi connectivity index (χ0v) is 43.1. The van der Waals surface area contributed by atoms with Crippen molar-refractivity contribution in [2.24, 2.45) is 17.8 Å². The predicted molar refractivity (Wildman–Crippen MR) is 255 cm³/mol. The van der Waals surface area contributed by atoms with Gasteiger partial charge in [-0.25, -0.2) is 4.79 Å². The average molecular weight is 936 g/mol. The van der Waals surface area contributed by atoms with Gasteiger partial charge < -0.3 is 53.5 Å². The van der Waals surface area contributed by atoms with Crippen molar-refractivity contribution in [3.05, 3.63) is 37.0 Å². The zero-order chi connectivity index (χ0) is 48.6. The van der Waals surface area contributed by atoms with Crippen LogP contribution in [0.2, 0.25) is 18.1 Å². The number of hydrogen-bond donors (Lipinski definition) is 4. The Balaban J connectivity index is 1.29. The van der Waals surface area contributed by atoms with E-state index < -0.39 is 55.7 Å². The minimum absolute atomic E-state index is 0.0363. The summed E-state index contributed by atoms with van der Waals surface area (Å²) in [4.78, 5) is 25.8. The van der Waals surface area contributed by atoms with Gasteiger partial charge in [-0.15, -0.1) is 0 Å². The number of hydrogen-bond acceptors (Lipinski definition) is 12. The second-order valence-corrected chi connectivity index (χ2v) is 27.1. The van der Waals surface area contributed by atoms with Crippen LogP contribution in [-0.2, 0) is 37.6 Å². The van der Waals surface area contributed by atoms with Gasteiger partial charge in [-0.2, -0.15) is 0 Å². The first-order valence-corrected chi connectivity index (χ1v) is 27.6. The summed E-state index contributed by atoms with van der Waals surface area (Å²) < 4.78 is 45.1. The van der Waals surface area contributed by atoms with E-state index in [0.29, 0.717) is 64.3 Å². The molecule has 65 heavy (non-hydrogen) atoms. The molecule has 4 aliphatic heterocycles. The summed E-state index contributed by atoms with van der Waals surface area (Å²) >= 11 is 0.